The molecule has 0 radical (unpaired) electrons. The molecular weight excluding hydrogens is 348 g/mol. The summed E-state index contributed by atoms with van der Waals surface area (Å²) in [6.07, 6.45) is 9.66. The van der Waals surface area contributed by atoms with Gasteiger partial charge in [-0.2, -0.15) is 5.10 Å². The Morgan fingerprint density at radius 2 is 1.81 bits per heavy atom. The molecule has 0 saturated carbocycles. The number of unbranched alkanes of at least 4 members (excludes halogenated alkanes) is 6. The zero-order chi connectivity index (χ0) is 19.9. The average molecular weight is 376 g/mol. The summed E-state index contributed by atoms with van der Waals surface area (Å²) in [6, 6.07) is 5.88. The lowest BCUT2D eigenvalue weighted by Crippen LogP contribution is -2.34. The Labute approximate surface area is 159 Å². The quantitative estimate of drug-likeness (QED) is 0.238. The van der Waals surface area contributed by atoms with E-state index in [0.717, 1.165) is 19.3 Å². The number of nitro benzene ring substituents is 1. The highest BCUT2D eigenvalue weighted by atomic mass is 16.6. The number of nitrogens with zero attached hydrogens (tertiary/aromatic N) is 2. The molecule has 2 amide bonds. The third kappa shape index (κ3) is 10.7. The van der Waals surface area contributed by atoms with Gasteiger partial charge in [-0.1, -0.05) is 57.6 Å². The van der Waals surface area contributed by atoms with Gasteiger partial charge in [0, 0.05) is 24.1 Å². The number of nitro groups is 1. The molecule has 0 aromatic heterocycles. The Morgan fingerprint density at radius 3 is 2.52 bits per heavy atom. The molecule has 0 aliphatic rings. The maximum absolute atomic E-state index is 11.7. The second kappa shape index (κ2) is 13.4. The molecule has 8 nitrogen and oxygen atoms in total. The Bertz CT molecular complexity index is 646. The molecule has 148 valence electrons. The van der Waals surface area contributed by atoms with E-state index < -0.39 is 10.8 Å². The lowest BCUT2D eigenvalue weighted by Gasteiger charge is -2.04. The highest BCUT2D eigenvalue weighted by molar-refractivity contribution is 5.86. The van der Waals surface area contributed by atoms with Crippen molar-refractivity contribution in [2.45, 2.75) is 58.3 Å². The molecule has 0 saturated heterocycles. The number of nitrogens with one attached hydrogen (secondary N) is 2. The van der Waals surface area contributed by atoms with Gasteiger partial charge < -0.3 is 5.32 Å². The van der Waals surface area contributed by atoms with Crippen LogP contribution in [0.15, 0.2) is 29.4 Å². The van der Waals surface area contributed by atoms with Gasteiger partial charge in [-0.15, -0.1) is 0 Å². The fourth-order valence-corrected chi connectivity index (χ4v) is 2.45. The van der Waals surface area contributed by atoms with Crippen molar-refractivity contribution in [1.82, 2.24) is 10.7 Å². The fraction of sp³-hybridized carbons (Fsp3) is 0.526. The van der Waals surface area contributed by atoms with Crippen molar-refractivity contribution in [3.8, 4) is 0 Å². The number of hydrogen-bond donors (Lipinski definition) is 2. The Hall–Kier alpha value is -2.77. The molecule has 0 aliphatic heterocycles. The molecule has 0 unspecified atom stereocenters. The number of rotatable bonds is 13. The van der Waals surface area contributed by atoms with Crippen LogP contribution in [0.5, 0.6) is 0 Å². The van der Waals surface area contributed by atoms with Crippen molar-refractivity contribution in [2.75, 3.05) is 6.54 Å². The number of hydrogen-bond acceptors (Lipinski definition) is 5. The predicted octanol–water partition coefficient (Wildman–Crippen LogP) is 3.30. The van der Waals surface area contributed by atoms with Crippen molar-refractivity contribution in [1.29, 1.82) is 0 Å². The maximum atomic E-state index is 11.7. The van der Waals surface area contributed by atoms with E-state index in [1.54, 1.807) is 6.07 Å². The predicted molar refractivity (Wildman–Crippen MR) is 104 cm³/mol. The van der Waals surface area contributed by atoms with Crippen LogP contribution in [0.1, 0.15) is 63.9 Å². The Kier molecular flexibility index (Phi) is 11.1. The molecule has 0 aliphatic carbocycles. The first kappa shape index (κ1) is 22.3. The summed E-state index contributed by atoms with van der Waals surface area (Å²) in [6.45, 7) is 2.03. The SMILES string of the molecule is CCCCCCCCCC(=O)NCC(=O)NN=Cc1cccc([N+](=O)[O-])c1. The van der Waals surface area contributed by atoms with E-state index in [1.807, 2.05) is 0 Å². The third-order valence-electron chi connectivity index (χ3n) is 3.94. The van der Waals surface area contributed by atoms with Crippen LogP contribution in [0, 0.1) is 10.1 Å². The number of carbonyl (C=O) groups is 2. The van der Waals surface area contributed by atoms with Gasteiger partial charge in [-0.3, -0.25) is 19.7 Å². The van der Waals surface area contributed by atoms with Gasteiger partial charge in [0.15, 0.2) is 0 Å². The van der Waals surface area contributed by atoms with Gasteiger partial charge in [-0.05, 0) is 6.42 Å². The van der Waals surface area contributed by atoms with E-state index in [4.69, 9.17) is 0 Å². The Morgan fingerprint density at radius 1 is 1.11 bits per heavy atom. The standard InChI is InChI=1S/C19H28N4O4/c1-2-3-4-5-6-7-8-12-18(24)20-15-19(25)22-21-14-16-10-9-11-17(13-16)23(26)27/h9-11,13-14H,2-8,12,15H2,1H3,(H,20,24)(H,22,25). The minimum atomic E-state index is -0.503. The number of non-ortho nitro benzene ring substituents is 1. The summed E-state index contributed by atoms with van der Waals surface area (Å²) in [5.41, 5.74) is 2.72. The first-order valence-electron chi connectivity index (χ1n) is 9.36. The zero-order valence-electron chi connectivity index (χ0n) is 15.8. The molecular formula is C19H28N4O4. The van der Waals surface area contributed by atoms with Gasteiger partial charge >= 0.3 is 0 Å². The topological polar surface area (TPSA) is 114 Å². The molecule has 1 aromatic carbocycles. The molecule has 8 heteroatoms. The molecule has 0 spiro atoms. The van der Waals surface area contributed by atoms with Gasteiger partial charge in [-0.25, -0.2) is 5.43 Å². The number of benzene rings is 1. The zero-order valence-corrected chi connectivity index (χ0v) is 15.8. The molecule has 0 heterocycles. The van der Waals surface area contributed by atoms with Gasteiger partial charge in [0.25, 0.3) is 11.6 Å². The first-order chi connectivity index (χ1) is 13.0. The third-order valence-corrected chi connectivity index (χ3v) is 3.94. The van der Waals surface area contributed by atoms with E-state index >= 15 is 0 Å². The van der Waals surface area contributed by atoms with Crippen LogP contribution < -0.4 is 10.7 Å². The first-order valence-corrected chi connectivity index (χ1v) is 9.36. The summed E-state index contributed by atoms with van der Waals surface area (Å²) in [4.78, 5) is 33.5. The molecule has 0 fully saturated rings. The number of carbonyl (C=O) groups excluding carboxylic acids is 2. The number of amides is 2. The van der Waals surface area contributed by atoms with E-state index in [0.29, 0.717) is 12.0 Å². The van der Waals surface area contributed by atoms with Crippen LogP contribution in [-0.2, 0) is 9.59 Å². The van der Waals surface area contributed by atoms with Crippen LogP contribution >= 0.6 is 0 Å². The van der Waals surface area contributed by atoms with Crippen LogP contribution in [0.25, 0.3) is 0 Å². The maximum Gasteiger partial charge on any atom is 0.270 e. The van der Waals surface area contributed by atoms with Crippen LogP contribution in [0.2, 0.25) is 0 Å². The highest BCUT2D eigenvalue weighted by Gasteiger charge is 2.06. The summed E-state index contributed by atoms with van der Waals surface area (Å²) < 4.78 is 0. The van der Waals surface area contributed by atoms with Crippen molar-refractivity contribution < 1.29 is 14.5 Å². The molecule has 1 aromatic rings. The van der Waals surface area contributed by atoms with Crippen LogP contribution in [-0.4, -0.2) is 29.5 Å². The molecule has 2 N–H and O–H groups in total. The molecule has 0 atom stereocenters. The summed E-state index contributed by atoms with van der Waals surface area (Å²) in [5.74, 6) is -0.606. The second-order valence-corrected chi connectivity index (χ2v) is 6.29. The smallest absolute Gasteiger partial charge is 0.270 e. The molecule has 0 bridgehead atoms. The van der Waals surface area contributed by atoms with Crippen molar-refractivity contribution in [2.24, 2.45) is 5.10 Å². The van der Waals surface area contributed by atoms with E-state index in [2.05, 4.69) is 22.8 Å². The lowest BCUT2D eigenvalue weighted by atomic mass is 10.1. The largest absolute Gasteiger partial charge is 0.347 e. The van der Waals surface area contributed by atoms with Crippen molar-refractivity contribution in [3.63, 3.8) is 0 Å². The Balaban J connectivity index is 2.17. The van der Waals surface area contributed by atoms with Crippen molar-refractivity contribution in [3.05, 3.63) is 39.9 Å². The fourth-order valence-electron chi connectivity index (χ4n) is 2.45. The minimum absolute atomic E-state index is 0.0529. The lowest BCUT2D eigenvalue weighted by molar-refractivity contribution is -0.384. The van der Waals surface area contributed by atoms with Gasteiger partial charge in [0.1, 0.15) is 0 Å². The summed E-state index contributed by atoms with van der Waals surface area (Å²) >= 11 is 0. The highest BCUT2D eigenvalue weighted by Crippen LogP contribution is 2.11. The number of hydrazone groups is 1. The van der Waals surface area contributed by atoms with E-state index in [-0.39, 0.29) is 18.1 Å². The monoisotopic (exact) mass is 376 g/mol. The van der Waals surface area contributed by atoms with E-state index in [1.165, 1.54) is 50.1 Å². The minimum Gasteiger partial charge on any atom is -0.347 e. The van der Waals surface area contributed by atoms with Crippen LogP contribution in [0.4, 0.5) is 5.69 Å². The van der Waals surface area contributed by atoms with Crippen molar-refractivity contribution >= 4 is 23.7 Å². The van der Waals surface area contributed by atoms with E-state index in [9.17, 15) is 19.7 Å². The molecule has 1 rings (SSSR count). The van der Waals surface area contributed by atoms with Crippen LogP contribution in [0.3, 0.4) is 0 Å². The summed E-state index contributed by atoms with van der Waals surface area (Å²) in [5, 5.41) is 17.0. The molecule has 27 heavy (non-hydrogen) atoms. The second-order valence-electron chi connectivity index (χ2n) is 6.29. The van der Waals surface area contributed by atoms with Gasteiger partial charge in [0.2, 0.25) is 5.91 Å². The van der Waals surface area contributed by atoms with Gasteiger partial charge in [0.05, 0.1) is 17.7 Å². The average Bonchev–Trinajstić information content (AvgIpc) is 2.66. The normalized spacial score (nSPS) is 10.7. The summed E-state index contributed by atoms with van der Waals surface area (Å²) in [7, 11) is 0.